The number of aromatic nitrogens is 5. The molecule has 0 atom stereocenters. The summed E-state index contributed by atoms with van der Waals surface area (Å²) in [6, 6.07) is 15.7. The minimum atomic E-state index is 0.507. The number of rotatable bonds is 4. The number of fused-ring (bicyclic) bond motifs is 2. The van der Waals surface area contributed by atoms with Gasteiger partial charge in [-0.1, -0.05) is 35.9 Å². The number of para-hydroxylation sites is 2. The summed E-state index contributed by atoms with van der Waals surface area (Å²) >= 11 is 7.58. The highest BCUT2D eigenvalue weighted by atomic mass is 35.5. The van der Waals surface area contributed by atoms with Crippen LogP contribution in [0.2, 0.25) is 5.02 Å². The Kier molecular flexibility index (Phi) is 4.47. The van der Waals surface area contributed by atoms with Crippen LogP contribution in [-0.2, 0) is 0 Å². The molecule has 3 aromatic heterocycles. The van der Waals surface area contributed by atoms with E-state index in [1.165, 1.54) is 0 Å². The number of nitrogens with zero attached hydrogens (tertiary/aromatic N) is 6. The molecule has 6 rings (SSSR count). The van der Waals surface area contributed by atoms with Crippen molar-refractivity contribution in [3.63, 3.8) is 0 Å². The zero-order chi connectivity index (χ0) is 20.8. The molecular formula is C22H18ClN7S. The minimum Gasteiger partial charge on any atom is -0.354 e. The van der Waals surface area contributed by atoms with Crippen molar-refractivity contribution in [2.24, 2.45) is 0 Å². The highest BCUT2D eigenvalue weighted by molar-refractivity contribution is 7.15. The van der Waals surface area contributed by atoms with Crippen molar-refractivity contribution in [3.8, 4) is 11.3 Å². The Morgan fingerprint density at radius 2 is 1.65 bits per heavy atom. The van der Waals surface area contributed by atoms with Crippen molar-refractivity contribution in [1.82, 2.24) is 24.6 Å². The molecule has 1 saturated heterocycles. The average molecular weight is 448 g/mol. The van der Waals surface area contributed by atoms with E-state index in [2.05, 4.69) is 15.2 Å². The Balaban J connectivity index is 1.40. The molecule has 0 radical (unpaired) electrons. The molecule has 1 aliphatic rings. The first-order valence-electron chi connectivity index (χ1n) is 10.1. The summed E-state index contributed by atoms with van der Waals surface area (Å²) in [5, 5.41) is 10.8. The molecular weight excluding hydrogens is 430 g/mol. The van der Waals surface area contributed by atoms with Crippen LogP contribution < -0.4 is 10.2 Å². The van der Waals surface area contributed by atoms with Crippen molar-refractivity contribution < 1.29 is 0 Å². The largest absolute Gasteiger partial charge is 0.354 e. The highest BCUT2D eigenvalue weighted by Crippen LogP contribution is 2.31. The van der Waals surface area contributed by atoms with E-state index in [1.54, 1.807) is 11.3 Å². The first-order valence-corrected chi connectivity index (χ1v) is 11.4. The van der Waals surface area contributed by atoms with Gasteiger partial charge in [0.2, 0.25) is 10.9 Å². The van der Waals surface area contributed by atoms with Crippen molar-refractivity contribution in [3.05, 3.63) is 58.9 Å². The number of anilines is 3. The van der Waals surface area contributed by atoms with E-state index < -0.39 is 0 Å². The lowest BCUT2D eigenvalue weighted by molar-refractivity contribution is 0.936. The number of nitrogens with one attached hydrogen (secondary N) is 1. The summed E-state index contributed by atoms with van der Waals surface area (Å²) in [7, 11) is 0. The standard InChI is InChI=1S/C22H18ClN7S/c23-15-9-7-14(8-10-15)18-13-31-22-27-21(28-30(18)22)26-19-20(29-11-3-4-12-29)25-17-6-2-1-5-16(17)24-19/h1-2,5-10,13H,3-4,11-12H2,(H,24,26,28). The first kappa shape index (κ1) is 18.5. The lowest BCUT2D eigenvalue weighted by Crippen LogP contribution is -2.21. The van der Waals surface area contributed by atoms with E-state index in [4.69, 9.17) is 26.7 Å². The molecule has 31 heavy (non-hydrogen) atoms. The molecule has 5 aromatic rings. The summed E-state index contributed by atoms with van der Waals surface area (Å²) in [6.45, 7) is 1.96. The van der Waals surface area contributed by atoms with Crippen LogP contribution in [0.5, 0.6) is 0 Å². The quantitative estimate of drug-likeness (QED) is 0.398. The van der Waals surface area contributed by atoms with Gasteiger partial charge in [0.05, 0.1) is 16.7 Å². The first-order chi connectivity index (χ1) is 15.2. The highest BCUT2D eigenvalue weighted by Gasteiger charge is 2.21. The summed E-state index contributed by atoms with van der Waals surface area (Å²) in [5.41, 5.74) is 3.74. The summed E-state index contributed by atoms with van der Waals surface area (Å²) in [6.07, 6.45) is 2.33. The number of hydrogen-bond donors (Lipinski definition) is 1. The molecule has 2 aromatic carbocycles. The van der Waals surface area contributed by atoms with Crippen LogP contribution in [0.4, 0.5) is 17.6 Å². The van der Waals surface area contributed by atoms with E-state index >= 15 is 0 Å². The number of thiazole rings is 1. The Morgan fingerprint density at radius 3 is 2.42 bits per heavy atom. The van der Waals surface area contributed by atoms with E-state index in [0.29, 0.717) is 16.8 Å². The van der Waals surface area contributed by atoms with E-state index in [1.807, 2.05) is 58.4 Å². The van der Waals surface area contributed by atoms with E-state index in [9.17, 15) is 0 Å². The fraction of sp³-hybridized carbons (Fsp3) is 0.182. The Bertz CT molecular complexity index is 1390. The molecule has 1 fully saturated rings. The number of hydrogen-bond acceptors (Lipinski definition) is 7. The molecule has 1 N–H and O–H groups in total. The predicted octanol–water partition coefficient (Wildman–Crippen LogP) is 5.40. The van der Waals surface area contributed by atoms with Crippen LogP contribution in [0, 0.1) is 0 Å². The zero-order valence-electron chi connectivity index (χ0n) is 16.5. The van der Waals surface area contributed by atoms with Gasteiger partial charge in [-0.05, 0) is 37.1 Å². The van der Waals surface area contributed by atoms with Gasteiger partial charge >= 0.3 is 0 Å². The normalized spacial score (nSPS) is 14.0. The maximum absolute atomic E-state index is 6.04. The van der Waals surface area contributed by atoms with Crippen LogP contribution in [0.15, 0.2) is 53.9 Å². The number of halogens is 1. The Labute approximate surface area is 187 Å². The molecule has 9 heteroatoms. The average Bonchev–Trinajstić information content (AvgIpc) is 3.52. The summed E-state index contributed by atoms with van der Waals surface area (Å²) in [5.74, 6) is 2.05. The van der Waals surface area contributed by atoms with Crippen LogP contribution in [0.1, 0.15) is 12.8 Å². The monoisotopic (exact) mass is 447 g/mol. The zero-order valence-corrected chi connectivity index (χ0v) is 18.1. The van der Waals surface area contributed by atoms with Gasteiger partial charge in [-0.2, -0.15) is 4.98 Å². The molecule has 0 unspecified atom stereocenters. The predicted molar refractivity (Wildman–Crippen MR) is 126 cm³/mol. The summed E-state index contributed by atoms with van der Waals surface area (Å²) < 4.78 is 1.85. The topological polar surface area (TPSA) is 71.2 Å². The van der Waals surface area contributed by atoms with Crippen molar-refractivity contribution in [2.45, 2.75) is 12.8 Å². The van der Waals surface area contributed by atoms with Gasteiger partial charge in [-0.25, -0.2) is 14.5 Å². The molecule has 0 saturated carbocycles. The molecule has 1 aliphatic heterocycles. The van der Waals surface area contributed by atoms with Gasteiger partial charge in [0.25, 0.3) is 0 Å². The van der Waals surface area contributed by atoms with Gasteiger partial charge in [-0.15, -0.1) is 16.4 Å². The lowest BCUT2D eigenvalue weighted by Gasteiger charge is -2.19. The molecule has 4 heterocycles. The second kappa shape index (κ2) is 7.47. The molecule has 0 bridgehead atoms. The molecule has 154 valence electrons. The van der Waals surface area contributed by atoms with Gasteiger partial charge in [0.15, 0.2) is 11.6 Å². The Morgan fingerprint density at radius 1 is 0.903 bits per heavy atom. The SMILES string of the molecule is Clc1ccc(-c2csc3nc(Nc4nc5ccccc5nc4N4CCCC4)nn23)cc1. The minimum absolute atomic E-state index is 0.507. The van der Waals surface area contributed by atoms with Crippen molar-refractivity contribution >= 4 is 56.5 Å². The third-order valence-electron chi connectivity index (χ3n) is 5.41. The van der Waals surface area contributed by atoms with Gasteiger partial charge < -0.3 is 10.2 Å². The third kappa shape index (κ3) is 3.37. The van der Waals surface area contributed by atoms with Gasteiger partial charge in [0.1, 0.15) is 0 Å². The maximum Gasteiger partial charge on any atom is 0.249 e. The van der Waals surface area contributed by atoms with Crippen molar-refractivity contribution in [2.75, 3.05) is 23.3 Å². The third-order valence-corrected chi connectivity index (χ3v) is 6.48. The number of benzene rings is 2. The van der Waals surface area contributed by atoms with E-state index in [0.717, 1.165) is 59.0 Å². The second-order valence-electron chi connectivity index (χ2n) is 7.46. The fourth-order valence-corrected chi connectivity index (χ4v) is 4.84. The van der Waals surface area contributed by atoms with Gasteiger partial charge in [0, 0.05) is 29.1 Å². The summed E-state index contributed by atoms with van der Waals surface area (Å²) in [4.78, 5) is 17.5. The van der Waals surface area contributed by atoms with E-state index in [-0.39, 0.29) is 0 Å². The second-order valence-corrected chi connectivity index (χ2v) is 8.73. The lowest BCUT2D eigenvalue weighted by atomic mass is 10.2. The smallest absolute Gasteiger partial charge is 0.249 e. The van der Waals surface area contributed by atoms with Crippen LogP contribution >= 0.6 is 22.9 Å². The van der Waals surface area contributed by atoms with Gasteiger partial charge in [-0.3, -0.25) is 0 Å². The Hall–Kier alpha value is -3.23. The molecule has 0 spiro atoms. The van der Waals surface area contributed by atoms with Crippen LogP contribution in [0.25, 0.3) is 27.3 Å². The fourth-order valence-electron chi connectivity index (χ4n) is 3.88. The van der Waals surface area contributed by atoms with Crippen LogP contribution in [0.3, 0.4) is 0 Å². The maximum atomic E-state index is 6.04. The molecule has 0 amide bonds. The molecule has 0 aliphatic carbocycles. The van der Waals surface area contributed by atoms with Crippen molar-refractivity contribution in [1.29, 1.82) is 0 Å². The molecule has 7 nitrogen and oxygen atoms in total. The van der Waals surface area contributed by atoms with Crippen LogP contribution in [-0.4, -0.2) is 37.7 Å².